The maximum atomic E-state index is 13.4. The molecule has 0 amide bonds. The number of rotatable bonds is 3. The van der Waals surface area contributed by atoms with Crippen molar-refractivity contribution >= 4 is 0 Å². The van der Waals surface area contributed by atoms with Crippen LogP contribution in [0.4, 0.5) is 4.39 Å². The third kappa shape index (κ3) is 3.03. The zero-order valence-corrected chi connectivity index (χ0v) is 9.84. The van der Waals surface area contributed by atoms with Gasteiger partial charge >= 0.3 is 0 Å². The average Bonchev–Trinajstić information content (AvgIpc) is 2.12. The van der Waals surface area contributed by atoms with Crippen LogP contribution in [0.2, 0.25) is 0 Å². The molecule has 1 atom stereocenters. The first kappa shape index (κ1) is 12.2. The molecule has 0 saturated heterocycles. The van der Waals surface area contributed by atoms with Gasteiger partial charge < -0.3 is 5.11 Å². The first-order chi connectivity index (χ1) is 6.91. The van der Waals surface area contributed by atoms with Crippen LogP contribution in [0, 0.1) is 25.6 Å². The first-order valence-electron chi connectivity index (χ1n) is 5.36. The Labute approximate surface area is 90.9 Å². The highest BCUT2D eigenvalue weighted by Crippen LogP contribution is 2.24. The minimum atomic E-state index is -0.483. The summed E-state index contributed by atoms with van der Waals surface area (Å²) < 4.78 is 13.4. The lowest BCUT2D eigenvalue weighted by atomic mass is 9.96. The molecule has 84 valence electrons. The molecule has 15 heavy (non-hydrogen) atoms. The molecule has 0 aromatic heterocycles. The predicted octanol–water partition coefficient (Wildman–Crippen LogP) is 3.52. The molecule has 1 nitrogen and oxygen atoms in total. The molecular weight excluding hydrogens is 191 g/mol. The first-order valence-corrected chi connectivity index (χ1v) is 5.36. The highest BCUT2D eigenvalue weighted by molar-refractivity contribution is 5.31. The molecule has 1 N–H and O–H groups in total. The van der Waals surface area contributed by atoms with Gasteiger partial charge in [0.15, 0.2) is 0 Å². The second-order valence-electron chi connectivity index (χ2n) is 4.61. The summed E-state index contributed by atoms with van der Waals surface area (Å²) in [4.78, 5) is 0. The zero-order chi connectivity index (χ0) is 11.6. The molecule has 1 aromatic carbocycles. The van der Waals surface area contributed by atoms with Crippen LogP contribution < -0.4 is 0 Å². The maximum Gasteiger partial charge on any atom is 0.129 e. The van der Waals surface area contributed by atoms with Gasteiger partial charge in [0.2, 0.25) is 0 Å². The van der Waals surface area contributed by atoms with Crippen LogP contribution in [0.25, 0.3) is 0 Å². The van der Waals surface area contributed by atoms with Crippen molar-refractivity contribution < 1.29 is 9.50 Å². The van der Waals surface area contributed by atoms with Crippen molar-refractivity contribution in [3.05, 3.63) is 34.6 Å². The van der Waals surface area contributed by atoms with E-state index in [1.54, 1.807) is 26.0 Å². The number of aliphatic hydroxyl groups is 1. The number of aryl methyl sites for hydroxylation is 2. The smallest absolute Gasteiger partial charge is 0.129 e. The summed E-state index contributed by atoms with van der Waals surface area (Å²) in [6, 6.07) is 3.46. The van der Waals surface area contributed by atoms with E-state index < -0.39 is 6.10 Å². The molecular formula is C13H19FO. The Morgan fingerprint density at radius 3 is 2.07 bits per heavy atom. The minimum Gasteiger partial charge on any atom is -0.388 e. The molecule has 0 heterocycles. The topological polar surface area (TPSA) is 20.2 Å². The molecule has 0 aliphatic heterocycles. The highest BCUT2D eigenvalue weighted by atomic mass is 19.1. The molecule has 0 fully saturated rings. The number of hydrogen-bond donors (Lipinski definition) is 1. The van der Waals surface area contributed by atoms with Crippen LogP contribution in [-0.2, 0) is 0 Å². The summed E-state index contributed by atoms with van der Waals surface area (Å²) in [6.07, 6.45) is 0.229. The Balaban J connectivity index is 2.95. The van der Waals surface area contributed by atoms with Crippen molar-refractivity contribution in [2.75, 3.05) is 0 Å². The Morgan fingerprint density at radius 1 is 1.20 bits per heavy atom. The second-order valence-corrected chi connectivity index (χ2v) is 4.61. The molecule has 0 aliphatic carbocycles. The van der Waals surface area contributed by atoms with Crippen molar-refractivity contribution in [3.8, 4) is 0 Å². The van der Waals surface area contributed by atoms with Gasteiger partial charge in [-0.3, -0.25) is 0 Å². The van der Waals surface area contributed by atoms with E-state index in [4.69, 9.17) is 0 Å². The monoisotopic (exact) mass is 210 g/mol. The van der Waals surface area contributed by atoms with Crippen LogP contribution in [0.5, 0.6) is 0 Å². The highest BCUT2D eigenvalue weighted by Gasteiger charge is 2.12. The number of benzene rings is 1. The Morgan fingerprint density at radius 2 is 1.67 bits per heavy atom. The van der Waals surface area contributed by atoms with Gasteiger partial charge in [-0.25, -0.2) is 4.39 Å². The summed E-state index contributed by atoms with van der Waals surface area (Å²) in [5.74, 6) is 0.265. The van der Waals surface area contributed by atoms with E-state index in [0.29, 0.717) is 23.5 Å². The quantitative estimate of drug-likeness (QED) is 0.809. The fourth-order valence-electron chi connectivity index (χ4n) is 1.75. The van der Waals surface area contributed by atoms with Gasteiger partial charge in [0.05, 0.1) is 6.10 Å². The van der Waals surface area contributed by atoms with E-state index in [1.165, 1.54) is 0 Å². The van der Waals surface area contributed by atoms with Crippen molar-refractivity contribution in [3.63, 3.8) is 0 Å². The molecule has 1 unspecified atom stereocenters. The predicted molar refractivity (Wildman–Crippen MR) is 60.3 cm³/mol. The van der Waals surface area contributed by atoms with Gasteiger partial charge in [0, 0.05) is 0 Å². The van der Waals surface area contributed by atoms with Gasteiger partial charge in [-0.05, 0) is 42.9 Å². The van der Waals surface area contributed by atoms with Crippen LogP contribution in [0.15, 0.2) is 12.1 Å². The van der Waals surface area contributed by atoms with Gasteiger partial charge in [-0.15, -0.1) is 0 Å². The van der Waals surface area contributed by atoms with Crippen LogP contribution in [0.3, 0.4) is 0 Å². The van der Waals surface area contributed by atoms with E-state index in [0.717, 1.165) is 5.56 Å². The lowest BCUT2D eigenvalue weighted by Crippen LogP contribution is -2.03. The van der Waals surface area contributed by atoms with Crippen molar-refractivity contribution in [1.29, 1.82) is 0 Å². The summed E-state index contributed by atoms with van der Waals surface area (Å²) in [5.41, 5.74) is 2.03. The lowest BCUT2D eigenvalue weighted by molar-refractivity contribution is 0.151. The van der Waals surface area contributed by atoms with E-state index in [2.05, 4.69) is 13.8 Å². The fourth-order valence-corrected chi connectivity index (χ4v) is 1.75. The number of halogens is 1. The SMILES string of the molecule is Cc1cc(C(O)CC(C)C)cc(C)c1F. The van der Waals surface area contributed by atoms with E-state index >= 15 is 0 Å². The summed E-state index contributed by atoms with van der Waals surface area (Å²) in [5, 5.41) is 9.91. The van der Waals surface area contributed by atoms with Crippen molar-refractivity contribution in [2.24, 2.45) is 5.92 Å². The van der Waals surface area contributed by atoms with Crippen molar-refractivity contribution in [2.45, 2.75) is 40.2 Å². The number of aliphatic hydroxyl groups excluding tert-OH is 1. The minimum absolute atomic E-state index is 0.171. The largest absolute Gasteiger partial charge is 0.388 e. The Bertz CT molecular complexity index is 321. The third-order valence-electron chi connectivity index (χ3n) is 2.54. The molecule has 0 radical (unpaired) electrons. The summed E-state index contributed by atoms with van der Waals surface area (Å²) in [7, 11) is 0. The molecule has 1 rings (SSSR count). The maximum absolute atomic E-state index is 13.4. The molecule has 0 bridgehead atoms. The van der Waals surface area contributed by atoms with Crippen LogP contribution in [0.1, 0.15) is 43.1 Å². The number of hydrogen-bond acceptors (Lipinski definition) is 1. The van der Waals surface area contributed by atoms with E-state index in [9.17, 15) is 9.50 Å². The standard InChI is InChI=1S/C13H19FO/c1-8(2)5-12(15)11-6-9(3)13(14)10(4)7-11/h6-8,12,15H,5H2,1-4H3. The fraction of sp³-hybridized carbons (Fsp3) is 0.538. The summed E-state index contributed by atoms with van der Waals surface area (Å²) in [6.45, 7) is 7.58. The average molecular weight is 210 g/mol. The Hall–Kier alpha value is -0.890. The second kappa shape index (κ2) is 4.75. The van der Waals surface area contributed by atoms with Crippen LogP contribution in [-0.4, -0.2) is 5.11 Å². The summed E-state index contributed by atoms with van der Waals surface area (Å²) >= 11 is 0. The van der Waals surface area contributed by atoms with Crippen molar-refractivity contribution in [1.82, 2.24) is 0 Å². The van der Waals surface area contributed by atoms with Gasteiger partial charge in [-0.2, -0.15) is 0 Å². The van der Waals surface area contributed by atoms with E-state index in [-0.39, 0.29) is 5.82 Å². The van der Waals surface area contributed by atoms with E-state index in [1.807, 2.05) is 0 Å². The van der Waals surface area contributed by atoms with Crippen LogP contribution >= 0.6 is 0 Å². The van der Waals surface area contributed by atoms with Gasteiger partial charge in [0.1, 0.15) is 5.82 Å². The zero-order valence-electron chi connectivity index (χ0n) is 9.84. The lowest BCUT2D eigenvalue weighted by Gasteiger charge is -2.15. The molecule has 2 heteroatoms. The van der Waals surface area contributed by atoms with Gasteiger partial charge in [-0.1, -0.05) is 26.0 Å². The third-order valence-corrected chi connectivity index (χ3v) is 2.54. The van der Waals surface area contributed by atoms with Gasteiger partial charge in [0.25, 0.3) is 0 Å². The Kier molecular flexibility index (Phi) is 3.86. The molecule has 0 aliphatic rings. The molecule has 0 saturated carbocycles. The molecule has 1 aromatic rings. The molecule has 0 spiro atoms. The normalized spacial score (nSPS) is 13.3.